The summed E-state index contributed by atoms with van der Waals surface area (Å²) in [4.78, 5) is 14.1. The van der Waals surface area contributed by atoms with Crippen molar-refractivity contribution in [2.24, 2.45) is 11.8 Å². The van der Waals surface area contributed by atoms with Gasteiger partial charge in [-0.1, -0.05) is 6.42 Å². The minimum absolute atomic E-state index is 0.00589. The molecular formula is C13H21N3O. The van der Waals surface area contributed by atoms with Gasteiger partial charge < -0.3 is 10.2 Å². The van der Waals surface area contributed by atoms with Crippen LogP contribution >= 0.6 is 0 Å². The van der Waals surface area contributed by atoms with E-state index in [9.17, 15) is 4.79 Å². The van der Waals surface area contributed by atoms with Gasteiger partial charge in [-0.25, -0.2) is 0 Å². The quantitative estimate of drug-likeness (QED) is 0.798. The van der Waals surface area contributed by atoms with E-state index in [4.69, 9.17) is 5.26 Å². The van der Waals surface area contributed by atoms with Crippen LogP contribution in [0, 0.1) is 23.2 Å². The van der Waals surface area contributed by atoms with Crippen LogP contribution in [0.3, 0.4) is 0 Å². The number of nitrogens with one attached hydrogen (secondary N) is 1. The summed E-state index contributed by atoms with van der Waals surface area (Å²) in [6.45, 7) is 2.92. The lowest BCUT2D eigenvalue weighted by atomic mass is 9.93. The zero-order valence-corrected chi connectivity index (χ0v) is 10.6. The Bertz CT molecular complexity index is 336. The molecular weight excluding hydrogens is 214 g/mol. The molecule has 1 saturated carbocycles. The molecule has 1 amide bonds. The van der Waals surface area contributed by atoms with Gasteiger partial charge in [0.1, 0.15) is 0 Å². The molecule has 1 N–H and O–H groups in total. The van der Waals surface area contributed by atoms with Crippen LogP contribution in [0.4, 0.5) is 0 Å². The molecule has 0 bridgehead atoms. The fraction of sp³-hybridized carbons (Fsp3) is 0.846. The van der Waals surface area contributed by atoms with Gasteiger partial charge in [0.15, 0.2) is 0 Å². The third-order valence-electron chi connectivity index (χ3n) is 4.41. The first-order valence-electron chi connectivity index (χ1n) is 6.52. The lowest BCUT2D eigenvalue weighted by molar-refractivity contribution is -0.134. The Morgan fingerprint density at radius 1 is 1.59 bits per heavy atom. The molecule has 1 heterocycles. The lowest BCUT2D eigenvalue weighted by Crippen LogP contribution is -2.47. The Balaban J connectivity index is 1.98. The molecule has 0 radical (unpaired) electrons. The third kappa shape index (κ3) is 2.30. The number of nitrogens with zero attached hydrogens (tertiary/aromatic N) is 2. The van der Waals surface area contributed by atoms with Gasteiger partial charge in [0.05, 0.1) is 18.5 Å². The third-order valence-corrected chi connectivity index (χ3v) is 4.41. The average Bonchev–Trinajstić information content (AvgIpc) is 2.89. The van der Waals surface area contributed by atoms with Crippen molar-refractivity contribution in [2.45, 2.75) is 44.7 Å². The van der Waals surface area contributed by atoms with Crippen LogP contribution < -0.4 is 5.32 Å². The maximum atomic E-state index is 12.4. The summed E-state index contributed by atoms with van der Waals surface area (Å²) in [5.74, 6) is 1.39. The molecule has 1 saturated heterocycles. The fourth-order valence-corrected chi connectivity index (χ4v) is 3.16. The summed E-state index contributed by atoms with van der Waals surface area (Å²) in [5.41, 5.74) is 0. The molecule has 2 fully saturated rings. The zero-order chi connectivity index (χ0) is 12.4. The Morgan fingerprint density at radius 2 is 2.35 bits per heavy atom. The summed E-state index contributed by atoms with van der Waals surface area (Å²) in [7, 11) is 1.81. The standard InChI is InChI=1S/C13H21N3O/c1-9(6-7-14)16(2)13(17)12-11-5-3-4-10(11)8-15-12/h9-12,15H,3-6,8H2,1-2H3. The summed E-state index contributed by atoms with van der Waals surface area (Å²) < 4.78 is 0. The Hall–Kier alpha value is -1.08. The van der Waals surface area contributed by atoms with Gasteiger partial charge in [-0.3, -0.25) is 4.79 Å². The van der Waals surface area contributed by atoms with Crippen molar-refractivity contribution in [2.75, 3.05) is 13.6 Å². The molecule has 94 valence electrons. The summed E-state index contributed by atoms with van der Waals surface area (Å²) in [6, 6.07) is 2.13. The van der Waals surface area contributed by atoms with Gasteiger partial charge in [-0.05, 0) is 38.1 Å². The number of hydrogen-bond donors (Lipinski definition) is 1. The number of carbonyl (C=O) groups excluding carboxylic acids is 1. The normalized spacial score (nSPS) is 32.9. The number of amides is 1. The Labute approximate surface area is 103 Å². The van der Waals surface area contributed by atoms with Crippen molar-refractivity contribution in [3.63, 3.8) is 0 Å². The number of carbonyl (C=O) groups is 1. The first-order chi connectivity index (χ1) is 8.15. The molecule has 4 heteroatoms. The maximum Gasteiger partial charge on any atom is 0.240 e. The predicted molar refractivity (Wildman–Crippen MR) is 65.1 cm³/mol. The molecule has 4 unspecified atom stereocenters. The number of hydrogen-bond acceptors (Lipinski definition) is 3. The highest BCUT2D eigenvalue weighted by molar-refractivity contribution is 5.82. The highest BCUT2D eigenvalue weighted by Crippen LogP contribution is 2.38. The molecule has 4 atom stereocenters. The fourth-order valence-electron chi connectivity index (χ4n) is 3.16. The Morgan fingerprint density at radius 3 is 3.06 bits per heavy atom. The molecule has 4 nitrogen and oxygen atoms in total. The lowest BCUT2D eigenvalue weighted by Gasteiger charge is -2.28. The van der Waals surface area contributed by atoms with Gasteiger partial charge >= 0.3 is 0 Å². The summed E-state index contributed by atoms with van der Waals surface area (Å²) >= 11 is 0. The van der Waals surface area contributed by atoms with Crippen LogP contribution in [-0.4, -0.2) is 36.5 Å². The summed E-state index contributed by atoms with van der Waals surface area (Å²) in [6.07, 6.45) is 4.11. The van der Waals surface area contributed by atoms with Crippen molar-refractivity contribution in [1.29, 1.82) is 5.26 Å². The molecule has 0 aromatic carbocycles. The van der Waals surface area contributed by atoms with Gasteiger partial charge in [0, 0.05) is 13.1 Å². The van der Waals surface area contributed by atoms with E-state index in [1.165, 1.54) is 19.3 Å². The first kappa shape index (κ1) is 12.4. The van der Waals surface area contributed by atoms with Crippen LogP contribution in [0.15, 0.2) is 0 Å². The van der Waals surface area contributed by atoms with Gasteiger partial charge in [0.2, 0.25) is 5.91 Å². The van der Waals surface area contributed by atoms with E-state index in [2.05, 4.69) is 11.4 Å². The van der Waals surface area contributed by atoms with E-state index in [1.54, 1.807) is 4.90 Å². The smallest absolute Gasteiger partial charge is 0.240 e. The second kappa shape index (κ2) is 5.05. The molecule has 0 spiro atoms. The number of fused-ring (bicyclic) bond motifs is 1. The first-order valence-corrected chi connectivity index (χ1v) is 6.52. The van der Waals surface area contributed by atoms with E-state index >= 15 is 0 Å². The minimum atomic E-state index is -0.00589. The van der Waals surface area contributed by atoms with Crippen molar-refractivity contribution in [3.8, 4) is 6.07 Å². The average molecular weight is 235 g/mol. The van der Waals surface area contributed by atoms with Crippen LogP contribution in [0.2, 0.25) is 0 Å². The highest BCUT2D eigenvalue weighted by Gasteiger charge is 2.43. The molecule has 17 heavy (non-hydrogen) atoms. The number of nitriles is 1. The van der Waals surface area contributed by atoms with Crippen LogP contribution in [0.5, 0.6) is 0 Å². The topological polar surface area (TPSA) is 56.1 Å². The second-order valence-electron chi connectivity index (χ2n) is 5.40. The predicted octanol–water partition coefficient (Wildman–Crippen LogP) is 1.14. The van der Waals surface area contributed by atoms with Gasteiger partial charge in [-0.15, -0.1) is 0 Å². The van der Waals surface area contributed by atoms with E-state index in [-0.39, 0.29) is 18.0 Å². The van der Waals surface area contributed by atoms with E-state index < -0.39 is 0 Å². The van der Waals surface area contributed by atoms with Crippen molar-refractivity contribution in [1.82, 2.24) is 10.2 Å². The van der Waals surface area contributed by atoms with Crippen molar-refractivity contribution < 1.29 is 4.79 Å². The monoisotopic (exact) mass is 235 g/mol. The highest BCUT2D eigenvalue weighted by atomic mass is 16.2. The van der Waals surface area contributed by atoms with Crippen LogP contribution in [0.25, 0.3) is 0 Å². The molecule has 2 aliphatic rings. The molecule has 1 aliphatic heterocycles. The molecule has 0 aromatic rings. The summed E-state index contributed by atoms with van der Waals surface area (Å²) in [5, 5.41) is 12.0. The SMILES string of the molecule is CC(CC#N)N(C)C(=O)C1NCC2CCCC21. The van der Waals surface area contributed by atoms with E-state index in [1.807, 2.05) is 14.0 Å². The van der Waals surface area contributed by atoms with Crippen LogP contribution in [0.1, 0.15) is 32.6 Å². The molecule has 2 rings (SSSR count). The number of rotatable bonds is 3. The van der Waals surface area contributed by atoms with Gasteiger partial charge in [0.25, 0.3) is 0 Å². The van der Waals surface area contributed by atoms with Crippen LogP contribution in [-0.2, 0) is 4.79 Å². The van der Waals surface area contributed by atoms with Gasteiger partial charge in [-0.2, -0.15) is 5.26 Å². The molecule has 1 aliphatic carbocycles. The number of likely N-dealkylation sites (N-methyl/N-ethyl adjacent to an activating group) is 1. The van der Waals surface area contributed by atoms with E-state index in [0.29, 0.717) is 18.3 Å². The van der Waals surface area contributed by atoms with E-state index in [0.717, 1.165) is 6.54 Å². The maximum absolute atomic E-state index is 12.4. The second-order valence-corrected chi connectivity index (χ2v) is 5.40. The zero-order valence-electron chi connectivity index (χ0n) is 10.6. The van der Waals surface area contributed by atoms with Crippen molar-refractivity contribution >= 4 is 5.91 Å². The molecule has 0 aromatic heterocycles. The largest absolute Gasteiger partial charge is 0.341 e. The minimum Gasteiger partial charge on any atom is -0.341 e. The Kier molecular flexibility index (Phi) is 3.68. The van der Waals surface area contributed by atoms with Crippen molar-refractivity contribution in [3.05, 3.63) is 0 Å².